The monoisotopic (exact) mass is 279 g/mol. The molecule has 0 radical (unpaired) electrons. The fourth-order valence-electron chi connectivity index (χ4n) is 2.00. The van der Waals surface area contributed by atoms with Gasteiger partial charge in [-0.3, -0.25) is 4.79 Å². The van der Waals surface area contributed by atoms with Crippen molar-refractivity contribution < 1.29 is 14.3 Å². The van der Waals surface area contributed by atoms with Crippen molar-refractivity contribution in [3.63, 3.8) is 0 Å². The van der Waals surface area contributed by atoms with E-state index in [1.165, 1.54) is 5.56 Å². The summed E-state index contributed by atoms with van der Waals surface area (Å²) in [5.74, 6) is 0.765. The maximum absolute atomic E-state index is 11.2. The molecular weight excluding hydrogens is 254 g/mol. The molecule has 0 fully saturated rings. The second-order valence-electron chi connectivity index (χ2n) is 4.82. The van der Waals surface area contributed by atoms with Crippen LogP contribution in [0.1, 0.15) is 32.3 Å². The standard InChI is InChI=1S/C16H25NO3/c1-4-20-16(18)6-5-11-17-13(2)12-14-7-9-15(19-3)10-8-14/h7-10,13,17H,4-6,11-12H2,1-3H3. The van der Waals surface area contributed by atoms with E-state index in [1.807, 2.05) is 19.1 Å². The highest BCUT2D eigenvalue weighted by Gasteiger charge is 2.05. The van der Waals surface area contributed by atoms with E-state index in [9.17, 15) is 4.79 Å². The van der Waals surface area contributed by atoms with Crippen LogP contribution in [0.3, 0.4) is 0 Å². The van der Waals surface area contributed by atoms with Gasteiger partial charge in [-0.2, -0.15) is 0 Å². The number of nitrogens with one attached hydrogen (secondary N) is 1. The highest BCUT2D eigenvalue weighted by atomic mass is 16.5. The van der Waals surface area contributed by atoms with Crippen LogP contribution in [-0.4, -0.2) is 32.3 Å². The van der Waals surface area contributed by atoms with Crippen molar-refractivity contribution in [2.24, 2.45) is 0 Å². The van der Waals surface area contributed by atoms with Gasteiger partial charge in [-0.25, -0.2) is 0 Å². The zero-order valence-electron chi connectivity index (χ0n) is 12.6. The fraction of sp³-hybridized carbons (Fsp3) is 0.562. The molecule has 20 heavy (non-hydrogen) atoms. The molecule has 1 atom stereocenters. The lowest BCUT2D eigenvalue weighted by Gasteiger charge is -2.14. The molecule has 1 unspecified atom stereocenters. The Morgan fingerprint density at radius 3 is 2.60 bits per heavy atom. The zero-order chi connectivity index (χ0) is 14.8. The first-order valence-corrected chi connectivity index (χ1v) is 7.17. The summed E-state index contributed by atoms with van der Waals surface area (Å²) in [6, 6.07) is 8.49. The van der Waals surface area contributed by atoms with Crippen LogP contribution in [0.15, 0.2) is 24.3 Å². The van der Waals surface area contributed by atoms with Gasteiger partial charge >= 0.3 is 5.97 Å². The number of esters is 1. The predicted octanol–water partition coefficient (Wildman–Crippen LogP) is 2.56. The van der Waals surface area contributed by atoms with Gasteiger partial charge in [-0.15, -0.1) is 0 Å². The van der Waals surface area contributed by atoms with Gasteiger partial charge < -0.3 is 14.8 Å². The van der Waals surface area contributed by atoms with Crippen molar-refractivity contribution in [2.75, 3.05) is 20.3 Å². The van der Waals surface area contributed by atoms with E-state index in [-0.39, 0.29) is 5.97 Å². The smallest absolute Gasteiger partial charge is 0.305 e. The maximum atomic E-state index is 11.2. The van der Waals surface area contributed by atoms with Crippen LogP contribution >= 0.6 is 0 Å². The highest BCUT2D eigenvalue weighted by Crippen LogP contribution is 2.12. The lowest BCUT2D eigenvalue weighted by Crippen LogP contribution is -2.29. The molecular formula is C16H25NO3. The van der Waals surface area contributed by atoms with Gasteiger partial charge in [0.25, 0.3) is 0 Å². The Kier molecular flexibility index (Phi) is 7.73. The minimum absolute atomic E-state index is 0.114. The Labute approximate surface area is 121 Å². The number of rotatable bonds is 9. The van der Waals surface area contributed by atoms with Crippen LogP contribution in [0, 0.1) is 0 Å². The van der Waals surface area contributed by atoms with Crippen LogP contribution < -0.4 is 10.1 Å². The number of ether oxygens (including phenoxy) is 2. The summed E-state index contributed by atoms with van der Waals surface area (Å²) < 4.78 is 10.0. The number of hydrogen-bond acceptors (Lipinski definition) is 4. The average molecular weight is 279 g/mol. The Balaban J connectivity index is 2.19. The summed E-state index contributed by atoms with van der Waals surface area (Å²) in [5, 5.41) is 3.42. The van der Waals surface area contributed by atoms with Gasteiger partial charge in [0.2, 0.25) is 0 Å². The summed E-state index contributed by atoms with van der Waals surface area (Å²) in [6.45, 7) is 5.26. The van der Waals surface area contributed by atoms with E-state index < -0.39 is 0 Å². The summed E-state index contributed by atoms with van der Waals surface area (Å²) in [7, 11) is 1.67. The van der Waals surface area contributed by atoms with Crippen molar-refractivity contribution in [2.45, 2.75) is 39.2 Å². The molecule has 0 aromatic heterocycles. The average Bonchev–Trinajstić information content (AvgIpc) is 2.45. The van der Waals surface area contributed by atoms with Crippen LogP contribution in [0.25, 0.3) is 0 Å². The number of carbonyl (C=O) groups excluding carboxylic acids is 1. The summed E-state index contributed by atoms with van der Waals surface area (Å²) in [6.07, 6.45) is 2.26. The van der Waals surface area contributed by atoms with Crippen molar-refractivity contribution in [3.05, 3.63) is 29.8 Å². The second-order valence-corrected chi connectivity index (χ2v) is 4.82. The van der Waals surface area contributed by atoms with E-state index in [0.717, 1.165) is 25.1 Å². The Bertz CT molecular complexity index is 389. The van der Waals surface area contributed by atoms with Gasteiger partial charge in [0.05, 0.1) is 13.7 Å². The van der Waals surface area contributed by atoms with Gasteiger partial charge in [-0.05, 0) is 50.9 Å². The molecule has 0 amide bonds. The van der Waals surface area contributed by atoms with Gasteiger partial charge in [-0.1, -0.05) is 12.1 Å². The molecule has 4 heteroatoms. The lowest BCUT2D eigenvalue weighted by atomic mass is 10.1. The van der Waals surface area contributed by atoms with Gasteiger partial charge in [0.15, 0.2) is 0 Å². The first-order chi connectivity index (χ1) is 9.65. The van der Waals surface area contributed by atoms with E-state index in [4.69, 9.17) is 9.47 Å². The SMILES string of the molecule is CCOC(=O)CCCNC(C)Cc1ccc(OC)cc1. The molecule has 0 saturated carbocycles. The Hall–Kier alpha value is -1.55. The quantitative estimate of drug-likeness (QED) is 0.557. The van der Waals surface area contributed by atoms with Crippen molar-refractivity contribution in [3.8, 4) is 5.75 Å². The first-order valence-electron chi connectivity index (χ1n) is 7.17. The minimum atomic E-state index is -0.114. The molecule has 4 nitrogen and oxygen atoms in total. The number of carbonyl (C=O) groups is 1. The Morgan fingerprint density at radius 2 is 2.00 bits per heavy atom. The van der Waals surface area contributed by atoms with Crippen molar-refractivity contribution in [1.29, 1.82) is 0 Å². The summed E-state index contributed by atoms with van der Waals surface area (Å²) in [5.41, 5.74) is 1.27. The maximum Gasteiger partial charge on any atom is 0.305 e. The van der Waals surface area contributed by atoms with Crippen molar-refractivity contribution in [1.82, 2.24) is 5.32 Å². The molecule has 1 aromatic carbocycles. The molecule has 0 saturated heterocycles. The molecule has 0 aliphatic rings. The third kappa shape index (κ3) is 6.57. The molecule has 112 valence electrons. The van der Waals surface area contributed by atoms with E-state index in [0.29, 0.717) is 19.1 Å². The zero-order valence-corrected chi connectivity index (χ0v) is 12.6. The third-order valence-electron chi connectivity index (χ3n) is 3.06. The van der Waals surface area contributed by atoms with E-state index in [2.05, 4.69) is 24.4 Å². The minimum Gasteiger partial charge on any atom is -0.497 e. The van der Waals surface area contributed by atoms with Crippen LogP contribution in [0.5, 0.6) is 5.75 Å². The van der Waals surface area contributed by atoms with Crippen LogP contribution in [-0.2, 0) is 16.0 Å². The molecule has 0 aliphatic heterocycles. The normalized spacial score (nSPS) is 11.9. The molecule has 1 rings (SSSR count). The predicted molar refractivity (Wildman–Crippen MR) is 80.0 cm³/mol. The lowest BCUT2D eigenvalue weighted by molar-refractivity contribution is -0.143. The molecule has 0 spiro atoms. The molecule has 0 heterocycles. The summed E-state index contributed by atoms with van der Waals surface area (Å²) >= 11 is 0. The highest BCUT2D eigenvalue weighted by molar-refractivity contribution is 5.69. The molecule has 0 aliphatic carbocycles. The van der Waals surface area contributed by atoms with Crippen LogP contribution in [0.2, 0.25) is 0 Å². The fourth-order valence-corrected chi connectivity index (χ4v) is 2.00. The largest absolute Gasteiger partial charge is 0.497 e. The Morgan fingerprint density at radius 1 is 1.30 bits per heavy atom. The van der Waals surface area contributed by atoms with Crippen molar-refractivity contribution >= 4 is 5.97 Å². The molecule has 0 bridgehead atoms. The second kappa shape index (κ2) is 9.37. The third-order valence-corrected chi connectivity index (χ3v) is 3.06. The molecule has 1 aromatic rings. The van der Waals surface area contributed by atoms with Gasteiger partial charge in [0, 0.05) is 12.5 Å². The number of hydrogen-bond donors (Lipinski definition) is 1. The van der Waals surface area contributed by atoms with E-state index in [1.54, 1.807) is 7.11 Å². The van der Waals surface area contributed by atoms with Crippen LogP contribution in [0.4, 0.5) is 0 Å². The number of methoxy groups -OCH3 is 1. The van der Waals surface area contributed by atoms with Gasteiger partial charge in [0.1, 0.15) is 5.75 Å². The molecule has 1 N–H and O–H groups in total. The topological polar surface area (TPSA) is 47.6 Å². The first kappa shape index (κ1) is 16.5. The summed E-state index contributed by atoms with van der Waals surface area (Å²) in [4.78, 5) is 11.2. The van der Waals surface area contributed by atoms with E-state index >= 15 is 0 Å². The number of benzene rings is 1.